The first-order valence-electron chi connectivity index (χ1n) is 11.3. The summed E-state index contributed by atoms with van der Waals surface area (Å²) in [6, 6.07) is 17.8. The van der Waals surface area contributed by atoms with Crippen molar-refractivity contribution in [2.75, 3.05) is 7.11 Å². The lowest BCUT2D eigenvalue weighted by atomic mass is 9.95. The van der Waals surface area contributed by atoms with Crippen molar-refractivity contribution in [1.29, 1.82) is 0 Å². The van der Waals surface area contributed by atoms with Crippen molar-refractivity contribution in [3.63, 3.8) is 0 Å². The Morgan fingerprint density at radius 1 is 1.09 bits per heavy atom. The predicted octanol–water partition coefficient (Wildman–Crippen LogP) is 5.24. The summed E-state index contributed by atoms with van der Waals surface area (Å²) >= 11 is 1.53. The lowest BCUT2D eigenvalue weighted by Gasteiger charge is -2.31. The van der Waals surface area contributed by atoms with Crippen LogP contribution in [0.4, 0.5) is 0 Å². The zero-order valence-corrected chi connectivity index (χ0v) is 20.6. The molecule has 2 aromatic carbocycles. The van der Waals surface area contributed by atoms with E-state index in [1.807, 2.05) is 61.5 Å². The number of aromatic nitrogens is 3. The highest BCUT2D eigenvalue weighted by Crippen LogP contribution is 2.30. The molecule has 0 bridgehead atoms. The van der Waals surface area contributed by atoms with E-state index in [9.17, 15) is 4.79 Å². The van der Waals surface area contributed by atoms with Crippen LogP contribution in [0.25, 0.3) is 16.7 Å². The number of rotatable bonds is 5. The highest BCUT2D eigenvalue weighted by molar-refractivity contribution is 7.98. The molecule has 5 rings (SSSR count). The van der Waals surface area contributed by atoms with Gasteiger partial charge in [-0.2, -0.15) is 0 Å². The Morgan fingerprint density at radius 3 is 2.53 bits per heavy atom. The van der Waals surface area contributed by atoms with Gasteiger partial charge in [0.25, 0.3) is 5.56 Å². The molecule has 0 fully saturated rings. The number of ether oxygens (including phenoxy) is 2. The number of hydrogen-bond acceptors (Lipinski definition) is 6. The highest BCUT2D eigenvalue weighted by Gasteiger charge is 2.28. The van der Waals surface area contributed by atoms with Gasteiger partial charge in [0, 0.05) is 17.7 Å². The van der Waals surface area contributed by atoms with Crippen LogP contribution in [0, 0.1) is 6.92 Å². The Labute approximate surface area is 203 Å². The third-order valence-corrected chi connectivity index (χ3v) is 7.04. The van der Waals surface area contributed by atoms with E-state index in [2.05, 4.69) is 13.8 Å². The van der Waals surface area contributed by atoms with Crippen LogP contribution in [0.3, 0.4) is 0 Å². The van der Waals surface area contributed by atoms with Gasteiger partial charge in [0.15, 0.2) is 10.8 Å². The van der Waals surface area contributed by atoms with E-state index in [0.29, 0.717) is 35.0 Å². The van der Waals surface area contributed by atoms with Crippen LogP contribution in [0.5, 0.6) is 5.75 Å². The Bertz CT molecular complexity index is 1410. The monoisotopic (exact) mass is 473 g/mol. The molecule has 3 heterocycles. The van der Waals surface area contributed by atoms with Gasteiger partial charge in [-0.25, -0.2) is 9.97 Å². The first kappa shape index (κ1) is 22.6. The molecule has 6 nitrogen and oxygen atoms in total. The molecule has 34 heavy (non-hydrogen) atoms. The summed E-state index contributed by atoms with van der Waals surface area (Å²) in [7, 11) is 1.65. The van der Waals surface area contributed by atoms with E-state index < -0.39 is 0 Å². The number of benzene rings is 2. The molecule has 0 unspecified atom stereocenters. The largest absolute Gasteiger partial charge is 0.497 e. The van der Waals surface area contributed by atoms with E-state index >= 15 is 0 Å². The summed E-state index contributed by atoms with van der Waals surface area (Å²) in [5.74, 6) is 1.48. The molecule has 0 atom stereocenters. The van der Waals surface area contributed by atoms with Crippen LogP contribution in [0.1, 0.15) is 36.2 Å². The number of methoxy groups -OCH3 is 1. The summed E-state index contributed by atoms with van der Waals surface area (Å²) in [6.45, 7) is 6.59. The van der Waals surface area contributed by atoms with E-state index in [-0.39, 0.29) is 11.2 Å². The standard InChI is InChI=1S/C27H27N3O3S/c1-17-5-9-20(10-6-17)30-25(31)22-13-19-15-33-27(2,3)14-23(19)28-24(22)29-26(30)34-16-18-7-11-21(32-4)12-8-18/h5-13H,14-16H2,1-4H3. The molecule has 0 saturated heterocycles. The van der Waals surface area contributed by atoms with Crippen LogP contribution in [-0.2, 0) is 23.5 Å². The first-order valence-corrected chi connectivity index (χ1v) is 12.2. The Morgan fingerprint density at radius 2 is 1.82 bits per heavy atom. The van der Waals surface area contributed by atoms with Crippen molar-refractivity contribution in [1.82, 2.24) is 14.5 Å². The molecule has 174 valence electrons. The fourth-order valence-electron chi connectivity index (χ4n) is 4.07. The van der Waals surface area contributed by atoms with Gasteiger partial charge in [0.1, 0.15) is 5.75 Å². The van der Waals surface area contributed by atoms with E-state index in [1.165, 1.54) is 11.8 Å². The molecule has 7 heteroatoms. The smallest absolute Gasteiger partial charge is 0.268 e. The van der Waals surface area contributed by atoms with Crippen LogP contribution in [0.2, 0.25) is 0 Å². The molecule has 0 spiro atoms. The molecule has 0 radical (unpaired) electrons. The summed E-state index contributed by atoms with van der Waals surface area (Å²) in [5, 5.41) is 1.13. The molecule has 2 aromatic heterocycles. The summed E-state index contributed by atoms with van der Waals surface area (Å²) in [6.07, 6.45) is 0.690. The Kier molecular flexibility index (Phi) is 5.91. The fraction of sp³-hybridized carbons (Fsp3) is 0.296. The number of nitrogens with zero attached hydrogens (tertiary/aromatic N) is 3. The summed E-state index contributed by atoms with van der Waals surface area (Å²) in [4.78, 5) is 23.5. The molecule has 0 saturated carbocycles. The summed E-state index contributed by atoms with van der Waals surface area (Å²) < 4.78 is 12.9. The van der Waals surface area contributed by atoms with Crippen molar-refractivity contribution in [3.8, 4) is 11.4 Å². The van der Waals surface area contributed by atoms with Gasteiger partial charge in [-0.3, -0.25) is 9.36 Å². The first-order chi connectivity index (χ1) is 16.3. The topological polar surface area (TPSA) is 66.2 Å². The number of hydrogen-bond donors (Lipinski definition) is 0. The lowest BCUT2D eigenvalue weighted by Crippen LogP contribution is -2.33. The molecule has 0 amide bonds. The molecule has 1 aliphatic rings. The van der Waals surface area contributed by atoms with E-state index in [1.54, 1.807) is 11.7 Å². The van der Waals surface area contributed by atoms with Gasteiger partial charge >= 0.3 is 0 Å². The second-order valence-electron chi connectivity index (χ2n) is 9.20. The maximum atomic E-state index is 13.8. The zero-order chi connectivity index (χ0) is 23.9. The summed E-state index contributed by atoms with van der Waals surface area (Å²) in [5.41, 5.74) is 5.04. The van der Waals surface area contributed by atoms with Gasteiger partial charge in [-0.1, -0.05) is 41.6 Å². The number of thioether (sulfide) groups is 1. The van der Waals surface area contributed by atoms with Crippen LogP contribution < -0.4 is 10.3 Å². The van der Waals surface area contributed by atoms with Crippen LogP contribution >= 0.6 is 11.8 Å². The third kappa shape index (κ3) is 4.45. The SMILES string of the molecule is COc1ccc(CSc2nc3nc4c(cc3c(=O)n2-c2ccc(C)cc2)COC(C)(C)C4)cc1. The third-order valence-electron chi connectivity index (χ3n) is 6.03. The lowest BCUT2D eigenvalue weighted by molar-refractivity contribution is -0.0411. The second kappa shape index (κ2) is 8.89. The molecule has 0 aliphatic carbocycles. The quantitative estimate of drug-likeness (QED) is 0.292. The number of pyridine rings is 1. The molecule has 1 aliphatic heterocycles. The van der Waals surface area contributed by atoms with Crippen molar-refractivity contribution in [3.05, 3.63) is 87.3 Å². The second-order valence-corrected chi connectivity index (χ2v) is 10.1. The van der Waals surface area contributed by atoms with Gasteiger partial charge < -0.3 is 9.47 Å². The van der Waals surface area contributed by atoms with Crippen LogP contribution in [0.15, 0.2) is 64.5 Å². The predicted molar refractivity (Wildman–Crippen MR) is 135 cm³/mol. The maximum Gasteiger partial charge on any atom is 0.268 e. The molecule has 4 aromatic rings. The Hall–Kier alpha value is -3.16. The number of fused-ring (bicyclic) bond motifs is 2. The minimum absolute atomic E-state index is 0.119. The Balaban J connectivity index is 1.62. The van der Waals surface area contributed by atoms with Gasteiger partial charge in [0.05, 0.1) is 36.1 Å². The minimum Gasteiger partial charge on any atom is -0.497 e. The van der Waals surface area contributed by atoms with E-state index in [0.717, 1.165) is 33.8 Å². The van der Waals surface area contributed by atoms with Crippen molar-refractivity contribution < 1.29 is 9.47 Å². The maximum absolute atomic E-state index is 13.8. The molecule has 0 N–H and O–H groups in total. The average Bonchev–Trinajstić information content (AvgIpc) is 2.82. The van der Waals surface area contributed by atoms with Gasteiger partial charge in [0.2, 0.25) is 0 Å². The fourth-order valence-corrected chi connectivity index (χ4v) is 5.02. The number of aryl methyl sites for hydroxylation is 1. The van der Waals surface area contributed by atoms with Crippen LogP contribution in [-0.4, -0.2) is 27.2 Å². The zero-order valence-electron chi connectivity index (χ0n) is 19.8. The van der Waals surface area contributed by atoms with Crippen molar-refractivity contribution >= 4 is 22.8 Å². The molecular formula is C27H27N3O3S. The highest BCUT2D eigenvalue weighted by atomic mass is 32.2. The van der Waals surface area contributed by atoms with E-state index in [4.69, 9.17) is 19.4 Å². The molecular weight excluding hydrogens is 446 g/mol. The normalized spacial score (nSPS) is 14.7. The van der Waals surface area contributed by atoms with Crippen molar-refractivity contribution in [2.24, 2.45) is 0 Å². The van der Waals surface area contributed by atoms with Crippen molar-refractivity contribution in [2.45, 2.75) is 50.3 Å². The minimum atomic E-state index is -0.281. The van der Waals surface area contributed by atoms with Gasteiger partial charge in [-0.15, -0.1) is 0 Å². The average molecular weight is 474 g/mol. The van der Waals surface area contributed by atoms with Gasteiger partial charge in [-0.05, 0) is 56.7 Å².